The van der Waals surface area contributed by atoms with Gasteiger partial charge in [0.05, 0.1) is 0 Å². The van der Waals surface area contributed by atoms with Crippen molar-refractivity contribution < 1.29 is 4.39 Å². The standard InChI is InChI=1S/C11H9FN2S/c1-7-6-8(12)2-3-9(7)10-4-5-13-11(15)14-10/h2-6H,1H3,(H,13,14,15). The van der Waals surface area contributed by atoms with Gasteiger partial charge in [0.1, 0.15) is 5.82 Å². The Morgan fingerprint density at radius 2 is 2.13 bits per heavy atom. The lowest BCUT2D eigenvalue weighted by atomic mass is 10.1. The van der Waals surface area contributed by atoms with Crippen LogP contribution in [0.5, 0.6) is 0 Å². The molecule has 0 aliphatic rings. The van der Waals surface area contributed by atoms with E-state index >= 15 is 0 Å². The van der Waals surface area contributed by atoms with Crippen molar-refractivity contribution in [3.05, 3.63) is 46.6 Å². The Morgan fingerprint density at radius 1 is 1.33 bits per heavy atom. The fraction of sp³-hybridized carbons (Fsp3) is 0.0909. The molecule has 0 saturated carbocycles. The highest BCUT2D eigenvalue weighted by Gasteiger charge is 2.02. The largest absolute Gasteiger partial charge is 0.330 e. The lowest BCUT2D eigenvalue weighted by molar-refractivity contribution is 0.627. The monoisotopic (exact) mass is 220 g/mol. The molecule has 0 amide bonds. The van der Waals surface area contributed by atoms with Crippen LogP contribution >= 0.6 is 12.2 Å². The molecule has 0 atom stereocenters. The number of hydrogen-bond donors (Lipinski definition) is 1. The number of rotatable bonds is 1. The van der Waals surface area contributed by atoms with Gasteiger partial charge in [0.25, 0.3) is 0 Å². The summed E-state index contributed by atoms with van der Waals surface area (Å²) in [5.74, 6) is -0.232. The van der Waals surface area contributed by atoms with Crippen LogP contribution in [-0.2, 0) is 0 Å². The van der Waals surface area contributed by atoms with Gasteiger partial charge in [-0.1, -0.05) is 0 Å². The number of halogens is 1. The molecule has 4 heteroatoms. The van der Waals surface area contributed by atoms with Crippen molar-refractivity contribution in [2.75, 3.05) is 0 Å². The lowest BCUT2D eigenvalue weighted by Crippen LogP contribution is -1.89. The first-order valence-electron chi connectivity index (χ1n) is 4.48. The number of benzene rings is 1. The predicted octanol–water partition coefficient (Wildman–Crippen LogP) is 3.25. The second-order valence-electron chi connectivity index (χ2n) is 3.25. The summed E-state index contributed by atoms with van der Waals surface area (Å²) in [5.41, 5.74) is 2.66. The molecule has 15 heavy (non-hydrogen) atoms. The van der Waals surface area contributed by atoms with E-state index in [-0.39, 0.29) is 5.82 Å². The van der Waals surface area contributed by atoms with Crippen molar-refractivity contribution in [1.29, 1.82) is 0 Å². The van der Waals surface area contributed by atoms with E-state index in [0.717, 1.165) is 16.8 Å². The van der Waals surface area contributed by atoms with Gasteiger partial charge in [-0.25, -0.2) is 9.37 Å². The molecular weight excluding hydrogens is 211 g/mol. The first-order chi connectivity index (χ1) is 7.16. The maximum absolute atomic E-state index is 12.9. The van der Waals surface area contributed by atoms with E-state index < -0.39 is 0 Å². The van der Waals surface area contributed by atoms with Gasteiger partial charge in [-0.3, -0.25) is 0 Å². The summed E-state index contributed by atoms with van der Waals surface area (Å²) in [6, 6.07) is 6.47. The third-order valence-corrected chi connectivity index (χ3v) is 2.36. The van der Waals surface area contributed by atoms with Crippen LogP contribution in [0.3, 0.4) is 0 Å². The number of aromatic amines is 1. The van der Waals surface area contributed by atoms with Gasteiger partial charge in [-0.05, 0) is 49.0 Å². The zero-order chi connectivity index (χ0) is 10.8. The molecular formula is C11H9FN2S. The van der Waals surface area contributed by atoms with Crippen molar-refractivity contribution >= 4 is 12.2 Å². The zero-order valence-corrected chi connectivity index (χ0v) is 8.94. The minimum absolute atomic E-state index is 0.232. The number of aromatic nitrogens is 2. The maximum atomic E-state index is 12.9. The fourth-order valence-electron chi connectivity index (χ4n) is 1.46. The summed E-state index contributed by atoms with van der Waals surface area (Å²) in [6.07, 6.45) is 1.64. The van der Waals surface area contributed by atoms with E-state index in [0.29, 0.717) is 4.77 Å². The van der Waals surface area contributed by atoms with Crippen LogP contribution in [0.2, 0.25) is 0 Å². The molecule has 0 fully saturated rings. The molecule has 0 aliphatic carbocycles. The topological polar surface area (TPSA) is 28.7 Å². The van der Waals surface area contributed by atoms with Gasteiger partial charge in [0.2, 0.25) is 0 Å². The number of aryl methyl sites for hydroxylation is 1. The summed E-state index contributed by atoms with van der Waals surface area (Å²) >= 11 is 4.93. The fourth-order valence-corrected chi connectivity index (χ4v) is 1.63. The quantitative estimate of drug-likeness (QED) is 0.747. The van der Waals surface area contributed by atoms with Crippen LogP contribution in [-0.4, -0.2) is 9.97 Å². The van der Waals surface area contributed by atoms with E-state index in [1.807, 2.05) is 13.0 Å². The molecule has 0 radical (unpaired) electrons. The third kappa shape index (κ3) is 2.10. The zero-order valence-electron chi connectivity index (χ0n) is 8.12. The summed E-state index contributed by atoms with van der Waals surface area (Å²) < 4.78 is 13.3. The molecule has 1 aromatic heterocycles. The molecule has 1 aromatic carbocycles. The molecule has 0 unspecified atom stereocenters. The summed E-state index contributed by atoms with van der Waals surface area (Å²) in [5, 5.41) is 0. The second kappa shape index (κ2) is 3.90. The molecule has 0 aliphatic heterocycles. The van der Waals surface area contributed by atoms with Crippen molar-refractivity contribution in [2.45, 2.75) is 6.92 Å². The average molecular weight is 220 g/mol. The van der Waals surface area contributed by atoms with Gasteiger partial charge < -0.3 is 4.98 Å². The Bertz CT molecular complexity index is 548. The van der Waals surface area contributed by atoms with Crippen molar-refractivity contribution in [3.8, 4) is 11.3 Å². The van der Waals surface area contributed by atoms with Crippen molar-refractivity contribution in [1.82, 2.24) is 9.97 Å². The van der Waals surface area contributed by atoms with E-state index in [1.165, 1.54) is 12.1 Å². The van der Waals surface area contributed by atoms with Gasteiger partial charge >= 0.3 is 0 Å². The molecule has 2 aromatic rings. The van der Waals surface area contributed by atoms with E-state index in [4.69, 9.17) is 12.2 Å². The highest BCUT2D eigenvalue weighted by molar-refractivity contribution is 7.71. The number of nitrogens with zero attached hydrogens (tertiary/aromatic N) is 1. The SMILES string of the molecule is Cc1cc(F)ccc1-c1ccnc(=S)[nH]1. The van der Waals surface area contributed by atoms with Crippen LogP contribution in [0.1, 0.15) is 5.56 Å². The third-order valence-electron chi connectivity index (χ3n) is 2.15. The number of hydrogen-bond acceptors (Lipinski definition) is 2. The number of H-pyrrole nitrogens is 1. The first kappa shape index (κ1) is 9.98. The minimum Gasteiger partial charge on any atom is -0.330 e. The Labute approximate surface area is 91.8 Å². The molecule has 0 bridgehead atoms. The summed E-state index contributed by atoms with van der Waals surface area (Å²) in [6.45, 7) is 1.86. The van der Waals surface area contributed by atoms with Gasteiger partial charge in [-0.15, -0.1) is 0 Å². The van der Waals surface area contributed by atoms with E-state index in [2.05, 4.69) is 9.97 Å². The normalized spacial score (nSPS) is 10.3. The van der Waals surface area contributed by atoms with Crippen LogP contribution in [0.4, 0.5) is 4.39 Å². The Hall–Kier alpha value is -1.55. The molecule has 2 rings (SSSR count). The van der Waals surface area contributed by atoms with E-state index in [1.54, 1.807) is 12.3 Å². The van der Waals surface area contributed by atoms with Crippen molar-refractivity contribution in [2.24, 2.45) is 0 Å². The summed E-state index contributed by atoms with van der Waals surface area (Å²) in [7, 11) is 0. The number of nitrogens with one attached hydrogen (secondary N) is 1. The summed E-state index contributed by atoms with van der Waals surface area (Å²) in [4.78, 5) is 6.86. The van der Waals surface area contributed by atoms with E-state index in [9.17, 15) is 4.39 Å². The van der Waals surface area contributed by atoms with Crippen LogP contribution in [0, 0.1) is 17.5 Å². The molecule has 76 valence electrons. The second-order valence-corrected chi connectivity index (χ2v) is 3.63. The maximum Gasteiger partial charge on any atom is 0.197 e. The highest BCUT2D eigenvalue weighted by Crippen LogP contribution is 2.21. The van der Waals surface area contributed by atoms with Gasteiger partial charge in [0, 0.05) is 17.5 Å². The van der Waals surface area contributed by atoms with Crippen molar-refractivity contribution in [3.63, 3.8) is 0 Å². The Balaban J connectivity index is 2.59. The van der Waals surface area contributed by atoms with Crippen LogP contribution in [0.15, 0.2) is 30.5 Å². The molecule has 0 spiro atoms. The van der Waals surface area contributed by atoms with Crippen LogP contribution in [0.25, 0.3) is 11.3 Å². The van der Waals surface area contributed by atoms with Gasteiger partial charge in [-0.2, -0.15) is 0 Å². The first-order valence-corrected chi connectivity index (χ1v) is 4.89. The molecule has 1 heterocycles. The molecule has 2 nitrogen and oxygen atoms in total. The predicted molar refractivity (Wildman–Crippen MR) is 59.6 cm³/mol. The molecule has 1 N–H and O–H groups in total. The van der Waals surface area contributed by atoms with Gasteiger partial charge in [0.15, 0.2) is 4.77 Å². The highest BCUT2D eigenvalue weighted by atomic mass is 32.1. The average Bonchev–Trinajstić information content (AvgIpc) is 2.17. The lowest BCUT2D eigenvalue weighted by Gasteiger charge is -2.05. The molecule has 0 saturated heterocycles. The Kier molecular flexibility index (Phi) is 2.60. The smallest absolute Gasteiger partial charge is 0.197 e. The minimum atomic E-state index is -0.232. The van der Waals surface area contributed by atoms with Crippen LogP contribution < -0.4 is 0 Å². The Morgan fingerprint density at radius 3 is 2.80 bits per heavy atom.